The molecule has 0 atom stereocenters. The van der Waals surface area contributed by atoms with Crippen molar-refractivity contribution >= 4 is 27.3 Å². The van der Waals surface area contributed by atoms with Crippen molar-refractivity contribution in [2.45, 2.75) is 27.3 Å². The van der Waals surface area contributed by atoms with Gasteiger partial charge in [-0.25, -0.2) is 8.42 Å². The van der Waals surface area contributed by atoms with Gasteiger partial charge in [-0.05, 0) is 73.4 Å². The van der Waals surface area contributed by atoms with Gasteiger partial charge in [0.15, 0.2) is 0 Å². The van der Waals surface area contributed by atoms with Gasteiger partial charge in [0.1, 0.15) is 0 Å². The molecule has 1 saturated heterocycles. The maximum absolute atomic E-state index is 13.2. The van der Waals surface area contributed by atoms with Crippen molar-refractivity contribution in [2.75, 3.05) is 41.6 Å². The highest BCUT2D eigenvalue weighted by Gasteiger charge is 2.24. The molecule has 184 valence electrons. The van der Waals surface area contributed by atoms with Gasteiger partial charge in [-0.1, -0.05) is 36.4 Å². The Labute approximate surface area is 208 Å². The van der Waals surface area contributed by atoms with Crippen molar-refractivity contribution in [3.8, 4) is 0 Å². The van der Waals surface area contributed by atoms with Crippen LogP contribution in [0.5, 0.6) is 0 Å². The summed E-state index contributed by atoms with van der Waals surface area (Å²) in [6.07, 6.45) is 1.21. The Kier molecular flexibility index (Phi) is 7.17. The molecule has 1 aliphatic rings. The number of anilines is 2. The van der Waals surface area contributed by atoms with Gasteiger partial charge < -0.3 is 9.80 Å². The molecule has 1 aliphatic heterocycles. The minimum atomic E-state index is -3.49. The van der Waals surface area contributed by atoms with Crippen LogP contribution in [0.25, 0.3) is 0 Å². The zero-order chi connectivity index (χ0) is 25.2. The summed E-state index contributed by atoms with van der Waals surface area (Å²) in [6.45, 7) is 9.35. The van der Waals surface area contributed by atoms with E-state index in [2.05, 4.69) is 36.9 Å². The number of nitrogens with zero attached hydrogens (tertiary/aromatic N) is 3. The third kappa shape index (κ3) is 5.51. The fourth-order valence-corrected chi connectivity index (χ4v) is 5.40. The summed E-state index contributed by atoms with van der Waals surface area (Å²) >= 11 is 0. The van der Waals surface area contributed by atoms with Crippen LogP contribution in [0.1, 0.15) is 32.6 Å². The van der Waals surface area contributed by atoms with Crippen molar-refractivity contribution in [1.82, 2.24) is 4.90 Å². The van der Waals surface area contributed by atoms with Crippen LogP contribution in [0.3, 0.4) is 0 Å². The minimum absolute atomic E-state index is 0.0260. The lowest BCUT2D eigenvalue weighted by molar-refractivity contribution is 0.0747. The van der Waals surface area contributed by atoms with E-state index in [1.165, 1.54) is 27.4 Å². The number of aryl methyl sites for hydroxylation is 2. The summed E-state index contributed by atoms with van der Waals surface area (Å²) < 4.78 is 26.5. The average molecular weight is 492 g/mol. The standard InChI is InChI=1S/C28H33N3O3S/c1-21-9-7-11-27(23(21)3)29-16-18-30(19-17-29)28(32)24-12-14-26(15-13-24)31(35(4,33)34)20-25-10-6-5-8-22(25)2/h5-15H,16-20H2,1-4H3. The van der Waals surface area contributed by atoms with Gasteiger partial charge in [-0.2, -0.15) is 0 Å². The van der Waals surface area contributed by atoms with E-state index in [0.29, 0.717) is 24.3 Å². The second-order valence-corrected chi connectivity index (χ2v) is 11.1. The third-order valence-electron chi connectivity index (χ3n) is 6.86. The molecular weight excluding hydrogens is 458 g/mol. The zero-order valence-corrected chi connectivity index (χ0v) is 21.7. The molecule has 0 aliphatic carbocycles. The lowest BCUT2D eigenvalue weighted by Gasteiger charge is -2.37. The first-order valence-corrected chi connectivity index (χ1v) is 13.7. The van der Waals surface area contributed by atoms with E-state index < -0.39 is 10.0 Å². The van der Waals surface area contributed by atoms with E-state index in [9.17, 15) is 13.2 Å². The molecule has 0 saturated carbocycles. The number of sulfonamides is 1. The van der Waals surface area contributed by atoms with Crippen LogP contribution in [-0.2, 0) is 16.6 Å². The van der Waals surface area contributed by atoms with Gasteiger partial charge in [0.25, 0.3) is 5.91 Å². The topological polar surface area (TPSA) is 60.9 Å². The van der Waals surface area contributed by atoms with Gasteiger partial charge >= 0.3 is 0 Å². The van der Waals surface area contributed by atoms with Gasteiger partial charge in [0.05, 0.1) is 18.5 Å². The van der Waals surface area contributed by atoms with Crippen molar-refractivity contribution in [1.29, 1.82) is 0 Å². The fourth-order valence-electron chi connectivity index (χ4n) is 4.52. The lowest BCUT2D eigenvalue weighted by Crippen LogP contribution is -2.49. The highest BCUT2D eigenvalue weighted by Crippen LogP contribution is 2.25. The van der Waals surface area contributed by atoms with Crippen molar-refractivity contribution < 1.29 is 13.2 Å². The van der Waals surface area contributed by atoms with Crippen LogP contribution < -0.4 is 9.21 Å². The van der Waals surface area contributed by atoms with E-state index in [-0.39, 0.29) is 12.5 Å². The Balaban J connectivity index is 1.45. The van der Waals surface area contributed by atoms with Crippen molar-refractivity contribution in [3.05, 3.63) is 94.5 Å². The van der Waals surface area contributed by atoms with Crippen LogP contribution in [0.2, 0.25) is 0 Å². The smallest absolute Gasteiger partial charge is 0.253 e. The summed E-state index contributed by atoms with van der Waals surface area (Å²) in [4.78, 5) is 17.4. The first-order chi connectivity index (χ1) is 16.6. The molecule has 4 rings (SSSR count). The maximum atomic E-state index is 13.2. The molecule has 0 unspecified atom stereocenters. The van der Waals surface area contributed by atoms with Gasteiger partial charge in [0, 0.05) is 37.4 Å². The monoisotopic (exact) mass is 491 g/mol. The lowest BCUT2D eigenvalue weighted by atomic mass is 10.1. The number of amides is 1. The fraction of sp³-hybridized carbons (Fsp3) is 0.321. The van der Waals surface area contributed by atoms with E-state index >= 15 is 0 Å². The highest BCUT2D eigenvalue weighted by atomic mass is 32.2. The zero-order valence-electron chi connectivity index (χ0n) is 20.9. The normalized spacial score (nSPS) is 14.2. The average Bonchev–Trinajstić information content (AvgIpc) is 2.84. The summed E-state index contributed by atoms with van der Waals surface area (Å²) in [7, 11) is -3.49. The number of hydrogen-bond acceptors (Lipinski definition) is 4. The predicted octanol–water partition coefficient (Wildman–Crippen LogP) is 4.54. The van der Waals surface area contributed by atoms with Crippen LogP contribution in [0.4, 0.5) is 11.4 Å². The number of carbonyl (C=O) groups excluding carboxylic acids is 1. The van der Waals surface area contributed by atoms with Gasteiger partial charge in [0.2, 0.25) is 10.0 Å². The number of piperazine rings is 1. The van der Waals surface area contributed by atoms with Crippen LogP contribution in [0, 0.1) is 20.8 Å². The van der Waals surface area contributed by atoms with E-state index in [1.807, 2.05) is 36.1 Å². The molecule has 0 bridgehead atoms. The molecule has 0 aromatic heterocycles. The third-order valence-corrected chi connectivity index (χ3v) is 8.00. The Morgan fingerprint density at radius 1 is 0.829 bits per heavy atom. The molecule has 1 heterocycles. The molecular formula is C28H33N3O3S. The number of carbonyl (C=O) groups is 1. The van der Waals surface area contributed by atoms with E-state index in [0.717, 1.165) is 24.2 Å². The van der Waals surface area contributed by atoms with Gasteiger partial charge in [-0.15, -0.1) is 0 Å². The molecule has 1 amide bonds. The summed E-state index contributed by atoms with van der Waals surface area (Å²) in [6, 6.07) is 21.0. The van der Waals surface area contributed by atoms with Crippen LogP contribution >= 0.6 is 0 Å². The van der Waals surface area contributed by atoms with Gasteiger partial charge in [-0.3, -0.25) is 9.10 Å². The molecule has 3 aromatic carbocycles. The largest absolute Gasteiger partial charge is 0.368 e. The maximum Gasteiger partial charge on any atom is 0.253 e. The van der Waals surface area contributed by atoms with Crippen molar-refractivity contribution in [2.24, 2.45) is 0 Å². The second kappa shape index (κ2) is 10.1. The highest BCUT2D eigenvalue weighted by molar-refractivity contribution is 7.92. The van der Waals surface area contributed by atoms with Crippen LogP contribution in [0.15, 0.2) is 66.7 Å². The molecule has 0 N–H and O–H groups in total. The Morgan fingerprint density at radius 3 is 2.09 bits per heavy atom. The Bertz CT molecular complexity index is 1310. The molecule has 3 aromatic rings. The minimum Gasteiger partial charge on any atom is -0.368 e. The number of hydrogen-bond donors (Lipinski definition) is 0. The van der Waals surface area contributed by atoms with E-state index in [4.69, 9.17) is 0 Å². The molecule has 35 heavy (non-hydrogen) atoms. The summed E-state index contributed by atoms with van der Waals surface area (Å²) in [5.74, 6) is -0.0260. The van der Waals surface area contributed by atoms with Crippen molar-refractivity contribution in [3.63, 3.8) is 0 Å². The van der Waals surface area contributed by atoms with Crippen LogP contribution in [-0.4, -0.2) is 51.7 Å². The first-order valence-electron chi connectivity index (χ1n) is 11.9. The number of benzene rings is 3. The SMILES string of the molecule is Cc1ccccc1CN(c1ccc(C(=O)N2CCN(c3cccc(C)c3C)CC2)cc1)S(C)(=O)=O. The molecule has 7 heteroatoms. The molecule has 0 radical (unpaired) electrons. The van der Waals surface area contributed by atoms with E-state index in [1.54, 1.807) is 24.3 Å². The second-order valence-electron chi connectivity index (χ2n) is 9.24. The summed E-state index contributed by atoms with van der Waals surface area (Å²) in [5.41, 5.74) is 6.88. The molecule has 0 spiro atoms. The summed E-state index contributed by atoms with van der Waals surface area (Å²) in [5, 5.41) is 0. The molecule has 6 nitrogen and oxygen atoms in total. The predicted molar refractivity (Wildman–Crippen MR) is 143 cm³/mol. The molecule has 1 fully saturated rings. The Hall–Kier alpha value is -3.32. The quantitative estimate of drug-likeness (QED) is 0.508. The Morgan fingerprint density at radius 2 is 1.46 bits per heavy atom. The number of rotatable bonds is 6. The first kappa shape index (κ1) is 24.8.